The van der Waals surface area contributed by atoms with Crippen molar-refractivity contribution in [1.82, 2.24) is 9.80 Å². The predicted octanol–water partition coefficient (Wildman–Crippen LogP) is 1.72. The number of rotatable bonds is 4. The van der Waals surface area contributed by atoms with Gasteiger partial charge in [0.05, 0.1) is 16.4 Å². The number of benzene rings is 1. The highest BCUT2D eigenvalue weighted by atomic mass is 35.5. The van der Waals surface area contributed by atoms with E-state index in [0.717, 1.165) is 39.3 Å². The van der Waals surface area contributed by atoms with Crippen molar-refractivity contribution in [2.45, 2.75) is 0 Å². The Kier molecular flexibility index (Phi) is 4.85. The molecule has 0 unspecified atom stereocenters. The van der Waals surface area contributed by atoms with Gasteiger partial charge in [0.25, 0.3) is 0 Å². The molecule has 0 amide bonds. The van der Waals surface area contributed by atoms with Gasteiger partial charge in [0.1, 0.15) is 5.82 Å². The third kappa shape index (κ3) is 3.96. The molecule has 0 aromatic heterocycles. The summed E-state index contributed by atoms with van der Waals surface area (Å²) in [6.45, 7) is 6.09. The van der Waals surface area contributed by atoms with Crippen LogP contribution in [0.4, 0.5) is 15.8 Å². The molecule has 1 heterocycles. The molecule has 6 heteroatoms. The number of piperazine rings is 1. The minimum Gasteiger partial charge on any atom is -0.397 e. The number of nitrogen functional groups attached to an aromatic ring is 1. The molecular weight excluding hydrogens is 267 g/mol. The molecule has 19 heavy (non-hydrogen) atoms. The number of nitrogens with two attached hydrogens (primary N) is 1. The van der Waals surface area contributed by atoms with E-state index in [-0.39, 0.29) is 5.02 Å². The van der Waals surface area contributed by atoms with Crippen molar-refractivity contribution in [3.05, 3.63) is 23.0 Å². The third-order valence-electron chi connectivity index (χ3n) is 3.43. The number of nitrogens with zero attached hydrogens (tertiary/aromatic N) is 2. The lowest BCUT2D eigenvalue weighted by Crippen LogP contribution is -2.45. The first-order valence-corrected chi connectivity index (χ1v) is 6.83. The molecule has 0 radical (unpaired) electrons. The van der Waals surface area contributed by atoms with Gasteiger partial charge in [0.15, 0.2) is 0 Å². The average molecular weight is 287 g/mol. The average Bonchev–Trinajstić information content (AvgIpc) is 2.38. The first-order valence-electron chi connectivity index (χ1n) is 6.45. The van der Waals surface area contributed by atoms with Crippen molar-refractivity contribution >= 4 is 23.0 Å². The van der Waals surface area contributed by atoms with Gasteiger partial charge in [0, 0.05) is 45.3 Å². The van der Waals surface area contributed by atoms with Crippen LogP contribution in [-0.4, -0.2) is 56.1 Å². The maximum Gasteiger partial charge on any atom is 0.143 e. The van der Waals surface area contributed by atoms with Gasteiger partial charge in [-0.15, -0.1) is 0 Å². The molecule has 1 aliphatic rings. The fourth-order valence-corrected chi connectivity index (χ4v) is 2.30. The number of hydrogen-bond donors (Lipinski definition) is 2. The van der Waals surface area contributed by atoms with Crippen molar-refractivity contribution < 1.29 is 4.39 Å². The molecule has 1 aromatic carbocycles. The van der Waals surface area contributed by atoms with Crippen LogP contribution in [0.2, 0.25) is 5.02 Å². The first kappa shape index (κ1) is 14.4. The van der Waals surface area contributed by atoms with Crippen LogP contribution < -0.4 is 11.1 Å². The normalized spacial score (nSPS) is 17.6. The highest BCUT2D eigenvalue weighted by Crippen LogP contribution is 2.25. The topological polar surface area (TPSA) is 44.5 Å². The molecule has 1 aliphatic heterocycles. The third-order valence-corrected chi connectivity index (χ3v) is 3.72. The number of halogens is 2. The molecule has 1 saturated heterocycles. The Hall–Kier alpha value is -1.04. The quantitative estimate of drug-likeness (QED) is 0.828. The van der Waals surface area contributed by atoms with E-state index in [1.54, 1.807) is 0 Å². The minimum absolute atomic E-state index is 0.0938. The smallest absolute Gasteiger partial charge is 0.143 e. The molecule has 4 nitrogen and oxygen atoms in total. The van der Waals surface area contributed by atoms with Crippen LogP contribution in [0.5, 0.6) is 0 Å². The summed E-state index contributed by atoms with van der Waals surface area (Å²) in [5, 5.41) is 3.30. The highest BCUT2D eigenvalue weighted by molar-refractivity contribution is 6.31. The van der Waals surface area contributed by atoms with Gasteiger partial charge in [-0.05, 0) is 13.1 Å². The van der Waals surface area contributed by atoms with Gasteiger partial charge < -0.3 is 16.0 Å². The van der Waals surface area contributed by atoms with E-state index >= 15 is 0 Å². The summed E-state index contributed by atoms with van der Waals surface area (Å²) in [6, 6.07) is 2.79. The van der Waals surface area contributed by atoms with E-state index in [0.29, 0.717) is 11.4 Å². The Bertz CT molecular complexity index is 433. The molecule has 1 fully saturated rings. The molecule has 0 aliphatic carbocycles. The second-order valence-electron chi connectivity index (χ2n) is 4.93. The summed E-state index contributed by atoms with van der Waals surface area (Å²) < 4.78 is 13.2. The molecule has 0 bridgehead atoms. The predicted molar refractivity (Wildman–Crippen MR) is 78.2 cm³/mol. The monoisotopic (exact) mass is 286 g/mol. The van der Waals surface area contributed by atoms with Crippen molar-refractivity contribution in [1.29, 1.82) is 0 Å². The van der Waals surface area contributed by atoms with Gasteiger partial charge in [0.2, 0.25) is 0 Å². The number of nitrogens with one attached hydrogen (secondary N) is 1. The van der Waals surface area contributed by atoms with Gasteiger partial charge in [-0.3, -0.25) is 4.90 Å². The summed E-state index contributed by atoms with van der Waals surface area (Å²) in [4.78, 5) is 4.72. The minimum atomic E-state index is -0.483. The maximum absolute atomic E-state index is 13.2. The molecule has 106 valence electrons. The highest BCUT2D eigenvalue weighted by Gasteiger charge is 2.13. The second kappa shape index (κ2) is 6.41. The Morgan fingerprint density at radius 2 is 2.00 bits per heavy atom. The van der Waals surface area contributed by atoms with Crippen molar-refractivity contribution in [2.24, 2.45) is 0 Å². The van der Waals surface area contributed by atoms with Crippen molar-refractivity contribution in [3.8, 4) is 0 Å². The summed E-state index contributed by atoms with van der Waals surface area (Å²) in [5.74, 6) is -0.483. The zero-order valence-corrected chi connectivity index (χ0v) is 11.9. The van der Waals surface area contributed by atoms with E-state index in [1.165, 1.54) is 12.1 Å². The molecular formula is C13H20ClFN4. The molecule has 0 atom stereocenters. The van der Waals surface area contributed by atoms with Crippen LogP contribution in [0.3, 0.4) is 0 Å². The van der Waals surface area contributed by atoms with Gasteiger partial charge >= 0.3 is 0 Å². The molecule has 0 spiro atoms. The van der Waals surface area contributed by atoms with Crippen LogP contribution in [0.25, 0.3) is 0 Å². The van der Waals surface area contributed by atoms with E-state index in [2.05, 4.69) is 22.2 Å². The second-order valence-corrected chi connectivity index (χ2v) is 5.33. The summed E-state index contributed by atoms with van der Waals surface area (Å²) in [5.41, 5.74) is 6.83. The zero-order chi connectivity index (χ0) is 13.8. The fourth-order valence-electron chi connectivity index (χ4n) is 2.14. The lowest BCUT2D eigenvalue weighted by atomic mass is 10.2. The Labute approximate surface area is 118 Å². The van der Waals surface area contributed by atoms with Crippen LogP contribution >= 0.6 is 11.6 Å². The molecule has 2 rings (SSSR count). The SMILES string of the molecule is CN1CCN(CCNc2cc(Cl)c(F)cc2N)CC1. The van der Waals surface area contributed by atoms with E-state index in [4.69, 9.17) is 17.3 Å². The van der Waals surface area contributed by atoms with Crippen molar-refractivity contribution in [3.63, 3.8) is 0 Å². The lowest BCUT2D eigenvalue weighted by Gasteiger charge is -2.32. The molecule has 1 aromatic rings. The van der Waals surface area contributed by atoms with Crippen LogP contribution in [0.1, 0.15) is 0 Å². The lowest BCUT2D eigenvalue weighted by molar-refractivity contribution is 0.158. The van der Waals surface area contributed by atoms with Gasteiger partial charge in [-0.25, -0.2) is 4.39 Å². The zero-order valence-electron chi connectivity index (χ0n) is 11.1. The van der Waals surface area contributed by atoms with Crippen LogP contribution in [0.15, 0.2) is 12.1 Å². The standard InChI is InChI=1S/C13H20ClFN4/c1-18-4-6-19(7-5-18)3-2-17-13-8-10(14)11(15)9-12(13)16/h8-9,17H,2-7,16H2,1H3. The maximum atomic E-state index is 13.2. The summed E-state index contributed by atoms with van der Waals surface area (Å²) in [6.07, 6.45) is 0. The Morgan fingerprint density at radius 3 is 2.68 bits per heavy atom. The van der Waals surface area contributed by atoms with Gasteiger partial charge in [-0.1, -0.05) is 11.6 Å². The van der Waals surface area contributed by atoms with Crippen molar-refractivity contribution in [2.75, 3.05) is 57.4 Å². The molecule has 3 N–H and O–H groups in total. The first-order chi connectivity index (χ1) is 9.06. The Morgan fingerprint density at radius 1 is 1.32 bits per heavy atom. The van der Waals surface area contributed by atoms with E-state index < -0.39 is 5.82 Å². The Balaban J connectivity index is 1.81. The molecule has 0 saturated carbocycles. The van der Waals surface area contributed by atoms with E-state index in [9.17, 15) is 4.39 Å². The fraction of sp³-hybridized carbons (Fsp3) is 0.538. The van der Waals surface area contributed by atoms with Crippen LogP contribution in [-0.2, 0) is 0 Å². The summed E-state index contributed by atoms with van der Waals surface area (Å²) >= 11 is 5.74. The van der Waals surface area contributed by atoms with E-state index in [1.807, 2.05) is 0 Å². The largest absolute Gasteiger partial charge is 0.397 e. The number of anilines is 2. The van der Waals surface area contributed by atoms with Gasteiger partial charge in [-0.2, -0.15) is 0 Å². The number of hydrogen-bond acceptors (Lipinski definition) is 4. The summed E-state index contributed by atoms with van der Waals surface area (Å²) in [7, 11) is 2.14. The number of likely N-dealkylation sites (N-methyl/N-ethyl adjacent to an activating group) is 1. The van der Waals surface area contributed by atoms with Crippen LogP contribution in [0, 0.1) is 5.82 Å².